The average Bonchev–Trinajstić information content (AvgIpc) is 3.13. The van der Waals surface area contributed by atoms with Crippen LogP contribution in [0, 0.1) is 11.8 Å². The predicted molar refractivity (Wildman–Crippen MR) is 66.5 cm³/mol. The molecule has 1 atom stereocenters. The SMILES string of the molecule is CN(CC1CCOCC1)C(=O)C(C)(N)C1CC1. The maximum absolute atomic E-state index is 12.3. The van der Waals surface area contributed by atoms with Crippen molar-refractivity contribution < 1.29 is 9.53 Å². The molecule has 17 heavy (non-hydrogen) atoms. The van der Waals surface area contributed by atoms with Crippen LogP contribution >= 0.6 is 0 Å². The zero-order chi connectivity index (χ0) is 12.5. The van der Waals surface area contributed by atoms with Crippen molar-refractivity contribution in [2.24, 2.45) is 17.6 Å². The fourth-order valence-corrected chi connectivity index (χ4v) is 2.67. The lowest BCUT2D eigenvalue weighted by atomic mass is 9.94. The minimum absolute atomic E-state index is 0.103. The second kappa shape index (κ2) is 4.94. The standard InChI is InChI=1S/C13H24N2O2/c1-13(14,11-3-4-11)12(16)15(2)9-10-5-7-17-8-6-10/h10-11H,3-9,14H2,1-2H3. The number of hydrogen-bond acceptors (Lipinski definition) is 3. The van der Waals surface area contributed by atoms with Gasteiger partial charge in [0.25, 0.3) is 0 Å². The van der Waals surface area contributed by atoms with Gasteiger partial charge in [0.2, 0.25) is 5.91 Å². The molecule has 0 radical (unpaired) electrons. The van der Waals surface area contributed by atoms with Crippen molar-refractivity contribution in [3.05, 3.63) is 0 Å². The number of carbonyl (C=O) groups is 1. The Morgan fingerprint density at radius 2 is 1.94 bits per heavy atom. The number of nitrogens with two attached hydrogens (primary N) is 1. The lowest BCUT2D eigenvalue weighted by Crippen LogP contribution is -2.54. The molecule has 0 aromatic carbocycles. The molecular formula is C13H24N2O2. The molecule has 0 aromatic rings. The lowest BCUT2D eigenvalue weighted by molar-refractivity contribution is -0.136. The zero-order valence-electron chi connectivity index (χ0n) is 10.9. The molecule has 1 unspecified atom stereocenters. The summed E-state index contributed by atoms with van der Waals surface area (Å²) in [6.07, 6.45) is 4.32. The van der Waals surface area contributed by atoms with Gasteiger partial charge in [-0.2, -0.15) is 0 Å². The van der Waals surface area contributed by atoms with Gasteiger partial charge < -0.3 is 15.4 Å². The second-order valence-corrected chi connectivity index (χ2v) is 5.80. The van der Waals surface area contributed by atoms with Crippen molar-refractivity contribution in [3.63, 3.8) is 0 Å². The second-order valence-electron chi connectivity index (χ2n) is 5.80. The Balaban J connectivity index is 1.85. The van der Waals surface area contributed by atoms with Crippen molar-refractivity contribution in [1.29, 1.82) is 0 Å². The van der Waals surface area contributed by atoms with Crippen molar-refractivity contribution in [2.75, 3.05) is 26.8 Å². The quantitative estimate of drug-likeness (QED) is 0.797. The van der Waals surface area contributed by atoms with E-state index in [1.165, 1.54) is 0 Å². The number of carbonyl (C=O) groups excluding carboxylic acids is 1. The van der Waals surface area contributed by atoms with Crippen LogP contribution in [0.15, 0.2) is 0 Å². The maximum atomic E-state index is 12.3. The van der Waals surface area contributed by atoms with Crippen molar-refractivity contribution in [3.8, 4) is 0 Å². The minimum atomic E-state index is -0.653. The summed E-state index contributed by atoms with van der Waals surface area (Å²) in [5.74, 6) is 1.08. The molecular weight excluding hydrogens is 216 g/mol. The Morgan fingerprint density at radius 3 is 2.47 bits per heavy atom. The first-order chi connectivity index (χ1) is 8.01. The van der Waals surface area contributed by atoms with Crippen LogP contribution in [0.2, 0.25) is 0 Å². The van der Waals surface area contributed by atoms with E-state index in [2.05, 4.69) is 0 Å². The number of ether oxygens (including phenoxy) is 1. The third-order valence-electron chi connectivity index (χ3n) is 4.11. The van der Waals surface area contributed by atoms with E-state index >= 15 is 0 Å². The summed E-state index contributed by atoms with van der Waals surface area (Å²) in [4.78, 5) is 14.1. The van der Waals surface area contributed by atoms with E-state index in [0.717, 1.165) is 45.4 Å². The molecule has 2 N–H and O–H groups in total. The zero-order valence-corrected chi connectivity index (χ0v) is 10.9. The van der Waals surface area contributed by atoms with Gasteiger partial charge in [-0.3, -0.25) is 4.79 Å². The summed E-state index contributed by atoms with van der Waals surface area (Å²) in [7, 11) is 1.88. The van der Waals surface area contributed by atoms with E-state index in [-0.39, 0.29) is 5.91 Å². The van der Waals surface area contributed by atoms with E-state index in [1.54, 1.807) is 0 Å². The van der Waals surface area contributed by atoms with Crippen LogP contribution in [0.1, 0.15) is 32.6 Å². The third kappa shape index (κ3) is 2.99. The van der Waals surface area contributed by atoms with Gasteiger partial charge in [-0.05, 0) is 44.4 Å². The molecule has 4 nitrogen and oxygen atoms in total. The normalized spacial score (nSPS) is 25.4. The number of amides is 1. The molecule has 2 fully saturated rings. The summed E-state index contributed by atoms with van der Waals surface area (Å²) in [5, 5.41) is 0. The van der Waals surface area contributed by atoms with Crippen molar-refractivity contribution in [1.82, 2.24) is 4.90 Å². The molecule has 4 heteroatoms. The molecule has 1 saturated heterocycles. The molecule has 0 spiro atoms. The van der Waals surface area contributed by atoms with Crippen LogP contribution < -0.4 is 5.73 Å². The van der Waals surface area contributed by atoms with Gasteiger partial charge in [0, 0.05) is 26.8 Å². The van der Waals surface area contributed by atoms with Gasteiger partial charge in [-0.25, -0.2) is 0 Å². The summed E-state index contributed by atoms with van der Waals surface area (Å²) in [6, 6.07) is 0. The smallest absolute Gasteiger partial charge is 0.242 e. The minimum Gasteiger partial charge on any atom is -0.381 e. The van der Waals surface area contributed by atoms with Crippen LogP contribution in [-0.4, -0.2) is 43.2 Å². The van der Waals surface area contributed by atoms with E-state index in [0.29, 0.717) is 11.8 Å². The number of likely N-dealkylation sites (N-methyl/N-ethyl adjacent to an activating group) is 1. The molecule has 0 aromatic heterocycles. The van der Waals surface area contributed by atoms with E-state index in [1.807, 2.05) is 18.9 Å². The monoisotopic (exact) mass is 240 g/mol. The van der Waals surface area contributed by atoms with Crippen LogP contribution in [0.5, 0.6) is 0 Å². The fraction of sp³-hybridized carbons (Fsp3) is 0.923. The topological polar surface area (TPSA) is 55.6 Å². The molecule has 2 rings (SSSR count). The molecule has 1 saturated carbocycles. The highest BCUT2D eigenvalue weighted by Gasteiger charge is 2.45. The Morgan fingerprint density at radius 1 is 1.35 bits per heavy atom. The predicted octanol–water partition coefficient (Wildman–Crippen LogP) is 0.999. The molecule has 98 valence electrons. The summed E-state index contributed by atoms with van der Waals surface area (Å²) < 4.78 is 5.33. The van der Waals surface area contributed by atoms with Crippen LogP contribution in [-0.2, 0) is 9.53 Å². The van der Waals surface area contributed by atoms with E-state index < -0.39 is 5.54 Å². The van der Waals surface area contributed by atoms with Crippen LogP contribution in [0.3, 0.4) is 0 Å². The highest BCUT2D eigenvalue weighted by Crippen LogP contribution is 2.39. The van der Waals surface area contributed by atoms with Crippen molar-refractivity contribution >= 4 is 5.91 Å². The average molecular weight is 240 g/mol. The Labute approximate surface area is 103 Å². The molecule has 2 aliphatic rings. The van der Waals surface area contributed by atoms with Gasteiger partial charge >= 0.3 is 0 Å². The molecule has 1 heterocycles. The number of rotatable bonds is 4. The summed E-state index contributed by atoms with van der Waals surface area (Å²) in [6.45, 7) is 4.36. The van der Waals surface area contributed by atoms with E-state index in [9.17, 15) is 4.79 Å². The molecule has 1 aliphatic heterocycles. The lowest BCUT2D eigenvalue weighted by Gasteiger charge is -2.32. The molecule has 1 amide bonds. The van der Waals surface area contributed by atoms with Gasteiger partial charge in [-0.15, -0.1) is 0 Å². The highest BCUT2D eigenvalue weighted by atomic mass is 16.5. The Kier molecular flexibility index (Phi) is 3.73. The first-order valence-corrected chi connectivity index (χ1v) is 6.64. The summed E-state index contributed by atoms with van der Waals surface area (Å²) in [5.41, 5.74) is 5.50. The van der Waals surface area contributed by atoms with Gasteiger partial charge in [0.05, 0.1) is 5.54 Å². The third-order valence-corrected chi connectivity index (χ3v) is 4.11. The first kappa shape index (κ1) is 12.8. The van der Waals surface area contributed by atoms with Crippen LogP contribution in [0.4, 0.5) is 0 Å². The first-order valence-electron chi connectivity index (χ1n) is 6.64. The van der Waals surface area contributed by atoms with Crippen molar-refractivity contribution in [2.45, 2.75) is 38.1 Å². The Hall–Kier alpha value is -0.610. The largest absolute Gasteiger partial charge is 0.381 e. The van der Waals surface area contributed by atoms with E-state index in [4.69, 9.17) is 10.5 Å². The number of hydrogen-bond donors (Lipinski definition) is 1. The van der Waals surface area contributed by atoms with Crippen LogP contribution in [0.25, 0.3) is 0 Å². The highest BCUT2D eigenvalue weighted by molar-refractivity contribution is 5.86. The molecule has 1 aliphatic carbocycles. The Bertz CT molecular complexity index is 281. The fourth-order valence-electron chi connectivity index (χ4n) is 2.67. The summed E-state index contributed by atoms with van der Waals surface area (Å²) >= 11 is 0. The number of nitrogens with zero attached hydrogens (tertiary/aromatic N) is 1. The van der Waals surface area contributed by atoms with Gasteiger partial charge in [-0.1, -0.05) is 0 Å². The van der Waals surface area contributed by atoms with Gasteiger partial charge in [0.1, 0.15) is 0 Å². The van der Waals surface area contributed by atoms with Gasteiger partial charge in [0.15, 0.2) is 0 Å². The molecule has 0 bridgehead atoms. The maximum Gasteiger partial charge on any atom is 0.242 e.